The lowest BCUT2D eigenvalue weighted by molar-refractivity contribution is -0.160. The van der Waals surface area contributed by atoms with Gasteiger partial charge in [-0.3, -0.25) is 4.79 Å². The maximum Gasteiger partial charge on any atom is 0.308 e. The quantitative estimate of drug-likeness (QED) is 0.786. The summed E-state index contributed by atoms with van der Waals surface area (Å²) < 4.78 is 6.54. The van der Waals surface area contributed by atoms with Crippen molar-refractivity contribution in [3.8, 4) is 0 Å². The van der Waals surface area contributed by atoms with Crippen LogP contribution in [-0.4, -0.2) is 11.6 Å². The van der Waals surface area contributed by atoms with Crippen LogP contribution < -0.4 is 0 Å². The van der Waals surface area contributed by atoms with E-state index in [-0.39, 0.29) is 11.9 Å². The molecular formula is C14H19BrO2. The van der Waals surface area contributed by atoms with Gasteiger partial charge in [-0.25, -0.2) is 0 Å². The van der Waals surface area contributed by atoms with Crippen molar-refractivity contribution in [3.05, 3.63) is 34.3 Å². The highest BCUT2D eigenvalue weighted by molar-refractivity contribution is 9.10. The third-order valence-electron chi connectivity index (χ3n) is 2.39. The van der Waals surface area contributed by atoms with Crippen molar-refractivity contribution >= 4 is 21.9 Å². The van der Waals surface area contributed by atoms with Crippen molar-refractivity contribution in [2.75, 3.05) is 0 Å². The Kier molecular flexibility index (Phi) is 4.75. The van der Waals surface area contributed by atoms with E-state index in [2.05, 4.69) is 15.9 Å². The highest BCUT2D eigenvalue weighted by atomic mass is 79.9. The van der Waals surface area contributed by atoms with Crippen molar-refractivity contribution < 1.29 is 9.53 Å². The standard InChI is InChI=1S/C14H19BrO2/c1-10(2)13(16)17-14(3,4)9-11-5-7-12(15)8-6-11/h5-8,10H,9H2,1-4H3. The van der Waals surface area contributed by atoms with Gasteiger partial charge < -0.3 is 4.74 Å². The zero-order valence-electron chi connectivity index (χ0n) is 10.8. The van der Waals surface area contributed by atoms with Crippen LogP contribution in [-0.2, 0) is 16.0 Å². The molecule has 0 fully saturated rings. The van der Waals surface area contributed by atoms with Crippen LogP contribution in [0.5, 0.6) is 0 Å². The third kappa shape index (κ3) is 4.90. The number of carbonyl (C=O) groups excluding carboxylic acids is 1. The minimum absolute atomic E-state index is 0.0841. The number of esters is 1. The second-order valence-electron chi connectivity index (χ2n) is 5.14. The molecule has 0 aromatic heterocycles. The van der Waals surface area contributed by atoms with Gasteiger partial charge in [0.15, 0.2) is 0 Å². The summed E-state index contributed by atoms with van der Waals surface area (Å²) in [4.78, 5) is 11.6. The lowest BCUT2D eigenvalue weighted by atomic mass is 9.98. The maximum absolute atomic E-state index is 11.6. The molecule has 0 spiro atoms. The first-order chi connectivity index (χ1) is 7.80. The molecule has 0 saturated heterocycles. The molecule has 17 heavy (non-hydrogen) atoms. The van der Waals surface area contributed by atoms with Gasteiger partial charge >= 0.3 is 5.97 Å². The molecule has 0 saturated carbocycles. The summed E-state index contributed by atoms with van der Waals surface area (Å²) >= 11 is 3.40. The average molecular weight is 299 g/mol. The van der Waals surface area contributed by atoms with Crippen LogP contribution >= 0.6 is 15.9 Å². The molecule has 3 heteroatoms. The molecule has 0 atom stereocenters. The Labute approximate surface area is 111 Å². The molecule has 1 aromatic carbocycles. The van der Waals surface area contributed by atoms with Crippen molar-refractivity contribution in [1.29, 1.82) is 0 Å². The van der Waals surface area contributed by atoms with Gasteiger partial charge in [0, 0.05) is 10.9 Å². The Bertz CT molecular complexity index is 380. The van der Waals surface area contributed by atoms with Gasteiger partial charge in [-0.1, -0.05) is 41.9 Å². The molecule has 0 aliphatic heterocycles. The Morgan fingerprint density at radius 1 is 1.29 bits per heavy atom. The molecule has 0 radical (unpaired) electrons. The number of hydrogen-bond donors (Lipinski definition) is 0. The molecule has 0 N–H and O–H groups in total. The second kappa shape index (κ2) is 5.67. The zero-order chi connectivity index (χ0) is 13.1. The summed E-state index contributed by atoms with van der Waals surface area (Å²) in [5.74, 6) is -0.230. The molecule has 2 nitrogen and oxygen atoms in total. The summed E-state index contributed by atoms with van der Waals surface area (Å²) in [5, 5.41) is 0. The molecule has 94 valence electrons. The fraction of sp³-hybridized carbons (Fsp3) is 0.500. The van der Waals surface area contributed by atoms with E-state index in [0.717, 1.165) is 16.5 Å². The van der Waals surface area contributed by atoms with E-state index in [1.54, 1.807) is 0 Å². The van der Waals surface area contributed by atoms with Crippen LogP contribution in [0.15, 0.2) is 28.7 Å². The van der Waals surface area contributed by atoms with Gasteiger partial charge in [-0.15, -0.1) is 0 Å². The van der Waals surface area contributed by atoms with E-state index in [0.29, 0.717) is 0 Å². The number of ether oxygens (including phenoxy) is 1. The van der Waals surface area contributed by atoms with Crippen molar-refractivity contribution in [2.45, 2.75) is 39.7 Å². The third-order valence-corrected chi connectivity index (χ3v) is 2.92. The first kappa shape index (κ1) is 14.2. The Morgan fingerprint density at radius 2 is 1.82 bits per heavy atom. The maximum atomic E-state index is 11.6. The Morgan fingerprint density at radius 3 is 2.29 bits per heavy atom. The van der Waals surface area contributed by atoms with Gasteiger partial charge in [0.1, 0.15) is 5.60 Å². The molecule has 1 rings (SSSR count). The first-order valence-corrected chi connectivity index (χ1v) is 6.57. The molecule has 0 heterocycles. The first-order valence-electron chi connectivity index (χ1n) is 5.77. The number of rotatable bonds is 4. The second-order valence-corrected chi connectivity index (χ2v) is 6.05. The van der Waals surface area contributed by atoms with Crippen LogP contribution in [0.4, 0.5) is 0 Å². The lowest BCUT2D eigenvalue weighted by Gasteiger charge is -2.26. The van der Waals surface area contributed by atoms with Gasteiger partial charge in [0.05, 0.1) is 5.92 Å². The molecule has 1 aromatic rings. The molecule has 0 amide bonds. The fourth-order valence-electron chi connectivity index (χ4n) is 1.52. The normalized spacial score (nSPS) is 11.6. The monoisotopic (exact) mass is 298 g/mol. The van der Waals surface area contributed by atoms with Gasteiger partial charge in [0.2, 0.25) is 0 Å². The smallest absolute Gasteiger partial charge is 0.308 e. The van der Waals surface area contributed by atoms with E-state index in [9.17, 15) is 4.79 Å². The molecule has 0 unspecified atom stereocenters. The van der Waals surface area contributed by atoms with Crippen molar-refractivity contribution in [2.24, 2.45) is 5.92 Å². The zero-order valence-corrected chi connectivity index (χ0v) is 12.4. The van der Waals surface area contributed by atoms with Crippen LogP contribution in [0.1, 0.15) is 33.3 Å². The van der Waals surface area contributed by atoms with E-state index in [1.165, 1.54) is 0 Å². The van der Waals surface area contributed by atoms with Crippen LogP contribution in [0.25, 0.3) is 0 Å². The van der Waals surface area contributed by atoms with Gasteiger partial charge in [-0.05, 0) is 31.5 Å². The summed E-state index contributed by atoms with van der Waals surface area (Å²) in [6.07, 6.45) is 0.721. The number of benzene rings is 1. The predicted molar refractivity (Wildman–Crippen MR) is 72.9 cm³/mol. The highest BCUT2D eigenvalue weighted by Gasteiger charge is 2.24. The summed E-state index contributed by atoms with van der Waals surface area (Å²) in [6.45, 7) is 7.57. The largest absolute Gasteiger partial charge is 0.459 e. The molecular weight excluding hydrogens is 280 g/mol. The van der Waals surface area contributed by atoms with Crippen LogP contribution in [0.2, 0.25) is 0 Å². The van der Waals surface area contributed by atoms with E-state index in [4.69, 9.17) is 4.74 Å². The molecule has 0 aliphatic carbocycles. The van der Waals surface area contributed by atoms with Crippen molar-refractivity contribution in [1.82, 2.24) is 0 Å². The number of halogens is 1. The highest BCUT2D eigenvalue weighted by Crippen LogP contribution is 2.20. The summed E-state index contributed by atoms with van der Waals surface area (Å²) in [7, 11) is 0. The number of carbonyl (C=O) groups is 1. The Hall–Kier alpha value is -0.830. The van der Waals surface area contributed by atoms with Crippen molar-refractivity contribution in [3.63, 3.8) is 0 Å². The number of hydrogen-bond acceptors (Lipinski definition) is 2. The molecule has 0 aliphatic rings. The van der Waals surface area contributed by atoms with E-state index < -0.39 is 5.60 Å². The summed E-state index contributed by atoms with van der Waals surface area (Å²) in [6, 6.07) is 8.06. The minimum Gasteiger partial charge on any atom is -0.459 e. The van der Waals surface area contributed by atoms with E-state index >= 15 is 0 Å². The SMILES string of the molecule is CC(C)C(=O)OC(C)(C)Cc1ccc(Br)cc1. The Balaban J connectivity index is 2.66. The van der Waals surface area contributed by atoms with Gasteiger partial charge in [-0.2, -0.15) is 0 Å². The summed E-state index contributed by atoms with van der Waals surface area (Å²) in [5.41, 5.74) is 0.699. The topological polar surface area (TPSA) is 26.3 Å². The molecule has 0 bridgehead atoms. The predicted octanol–water partition coefficient (Wildman–Crippen LogP) is 3.97. The van der Waals surface area contributed by atoms with Crippen LogP contribution in [0, 0.1) is 5.92 Å². The van der Waals surface area contributed by atoms with Gasteiger partial charge in [0.25, 0.3) is 0 Å². The van der Waals surface area contributed by atoms with E-state index in [1.807, 2.05) is 52.0 Å². The van der Waals surface area contributed by atoms with Crippen LogP contribution in [0.3, 0.4) is 0 Å². The fourth-order valence-corrected chi connectivity index (χ4v) is 1.78. The minimum atomic E-state index is -0.463. The lowest BCUT2D eigenvalue weighted by Crippen LogP contribution is -2.32. The average Bonchev–Trinajstić information content (AvgIpc) is 2.20.